The zero-order valence-electron chi connectivity index (χ0n) is 21.2. The van der Waals surface area contributed by atoms with Crippen LogP contribution in [0.2, 0.25) is 0 Å². The smallest absolute Gasteiger partial charge is 0.392 e. The van der Waals surface area contributed by atoms with Crippen molar-refractivity contribution >= 4 is 43.8 Å². The number of fused-ring (bicyclic) bond motifs is 1. The van der Waals surface area contributed by atoms with Crippen LogP contribution in [0.3, 0.4) is 0 Å². The molecule has 2 fully saturated rings. The maximum Gasteiger partial charge on any atom is 0.392 e. The number of ether oxygens (including phenoxy) is 1. The number of aromatic nitrogens is 2. The average Bonchev–Trinajstić information content (AvgIpc) is 3.62. The van der Waals surface area contributed by atoms with Crippen LogP contribution in [0.5, 0.6) is 5.75 Å². The maximum atomic E-state index is 12.5. The topological polar surface area (TPSA) is 117 Å². The molecule has 0 amide bonds. The van der Waals surface area contributed by atoms with Gasteiger partial charge in [-0.05, 0) is 55.4 Å². The number of piperidine rings is 1. The lowest BCUT2D eigenvalue weighted by molar-refractivity contribution is -0.139. The number of nitrogens with one attached hydrogen (secondary N) is 2. The summed E-state index contributed by atoms with van der Waals surface area (Å²) in [6.07, 6.45) is 0.571. The Bertz CT molecular complexity index is 1440. The van der Waals surface area contributed by atoms with Crippen molar-refractivity contribution in [3.8, 4) is 5.75 Å². The Morgan fingerprint density at radius 2 is 1.82 bits per heavy atom. The summed E-state index contributed by atoms with van der Waals surface area (Å²) in [6.45, 7) is 0.621. The summed E-state index contributed by atoms with van der Waals surface area (Å²) in [4.78, 5) is 11.1. The molecule has 1 aromatic heterocycles. The third-order valence-electron chi connectivity index (χ3n) is 7.22. The minimum atomic E-state index is -4.30. The van der Waals surface area contributed by atoms with Gasteiger partial charge in [0, 0.05) is 24.8 Å². The Balaban J connectivity index is 1.47. The van der Waals surface area contributed by atoms with Gasteiger partial charge >= 0.3 is 6.18 Å². The molecule has 13 heteroatoms. The molecule has 5 rings (SSSR count). The number of nitrogens with zero attached hydrogens (tertiary/aromatic N) is 3. The van der Waals surface area contributed by atoms with E-state index in [1.807, 2.05) is 0 Å². The van der Waals surface area contributed by atoms with E-state index in [1.54, 1.807) is 36.4 Å². The van der Waals surface area contributed by atoms with Gasteiger partial charge in [-0.25, -0.2) is 18.4 Å². The minimum absolute atomic E-state index is 0.286. The Kier molecular flexibility index (Phi) is 7.47. The molecule has 2 aromatic carbocycles. The molecule has 0 unspecified atom stereocenters. The highest BCUT2D eigenvalue weighted by atomic mass is 32.2. The van der Waals surface area contributed by atoms with Crippen molar-refractivity contribution in [3.05, 3.63) is 42.7 Å². The predicted molar refractivity (Wildman–Crippen MR) is 143 cm³/mol. The number of rotatable bonds is 10. The molecule has 210 valence electrons. The van der Waals surface area contributed by atoms with Crippen molar-refractivity contribution < 1.29 is 31.4 Å². The fourth-order valence-corrected chi connectivity index (χ4v) is 5.73. The molecule has 9 nitrogen and oxygen atoms in total. The van der Waals surface area contributed by atoms with Gasteiger partial charge in [0.25, 0.3) is 0 Å². The zero-order chi connectivity index (χ0) is 27.7. The van der Waals surface area contributed by atoms with Crippen molar-refractivity contribution in [2.24, 2.45) is 5.41 Å². The lowest BCUT2D eigenvalue weighted by atomic mass is 9.93. The van der Waals surface area contributed by atoms with E-state index in [4.69, 9.17) is 9.84 Å². The first kappa shape index (κ1) is 27.3. The quantitative estimate of drug-likeness (QED) is 0.321. The summed E-state index contributed by atoms with van der Waals surface area (Å²) in [7, 11) is -3.75. The van der Waals surface area contributed by atoms with Crippen LogP contribution in [0.1, 0.15) is 32.1 Å². The summed E-state index contributed by atoms with van der Waals surface area (Å²) >= 11 is 0. The molecule has 1 aliphatic carbocycles. The van der Waals surface area contributed by atoms with E-state index in [0.717, 1.165) is 31.6 Å². The monoisotopic (exact) mass is 565 g/mol. The van der Waals surface area contributed by atoms with Gasteiger partial charge in [-0.3, -0.25) is 4.72 Å². The van der Waals surface area contributed by atoms with Crippen LogP contribution in [0.4, 0.5) is 36.1 Å². The number of hydrogen-bond donors (Lipinski definition) is 3. The van der Waals surface area contributed by atoms with Gasteiger partial charge in [0.1, 0.15) is 17.9 Å². The van der Waals surface area contributed by atoms with E-state index in [2.05, 4.69) is 24.9 Å². The van der Waals surface area contributed by atoms with Crippen LogP contribution in [0, 0.1) is 5.41 Å². The van der Waals surface area contributed by atoms with Crippen LogP contribution in [0.25, 0.3) is 10.9 Å². The first-order valence-corrected chi connectivity index (χ1v) is 14.4. The molecule has 2 aliphatic rings. The fraction of sp³-hybridized carbons (Fsp3) is 0.462. The van der Waals surface area contributed by atoms with Gasteiger partial charge in [-0.2, -0.15) is 13.2 Å². The van der Waals surface area contributed by atoms with E-state index in [1.165, 1.54) is 19.2 Å². The van der Waals surface area contributed by atoms with E-state index in [-0.39, 0.29) is 5.75 Å². The second kappa shape index (κ2) is 10.7. The summed E-state index contributed by atoms with van der Waals surface area (Å²) in [5.74, 6) is 0.331. The van der Waals surface area contributed by atoms with Crippen molar-refractivity contribution in [2.45, 2.75) is 38.3 Å². The van der Waals surface area contributed by atoms with Crippen molar-refractivity contribution in [3.63, 3.8) is 0 Å². The normalized spacial score (nSPS) is 16.9. The number of halogens is 3. The molecular weight excluding hydrogens is 535 g/mol. The summed E-state index contributed by atoms with van der Waals surface area (Å²) < 4.78 is 70.1. The lowest BCUT2D eigenvalue weighted by Gasteiger charge is -2.35. The molecule has 3 N–H and O–H groups in total. The third kappa shape index (κ3) is 6.82. The maximum absolute atomic E-state index is 12.5. The molecular formula is C26H30F3N5O4S. The van der Waals surface area contributed by atoms with Gasteiger partial charge < -0.3 is 20.1 Å². The number of anilines is 4. The van der Waals surface area contributed by atoms with E-state index < -0.39 is 41.6 Å². The Labute approximate surface area is 224 Å². The molecule has 0 bridgehead atoms. The lowest BCUT2D eigenvalue weighted by Crippen LogP contribution is -2.34. The predicted octanol–water partition coefficient (Wildman–Crippen LogP) is 4.82. The Morgan fingerprint density at radius 3 is 2.51 bits per heavy atom. The van der Waals surface area contributed by atoms with Crippen LogP contribution in [0.15, 0.2) is 42.7 Å². The number of alkyl halides is 3. The molecule has 1 saturated carbocycles. The zero-order valence-corrected chi connectivity index (χ0v) is 22.0. The average molecular weight is 566 g/mol. The molecule has 1 spiro atoms. The van der Waals surface area contributed by atoms with E-state index in [0.29, 0.717) is 33.5 Å². The summed E-state index contributed by atoms with van der Waals surface area (Å²) in [6, 6.07) is 9.97. The first-order valence-electron chi connectivity index (χ1n) is 12.8. The van der Waals surface area contributed by atoms with Gasteiger partial charge in [0.05, 0.1) is 47.7 Å². The molecule has 3 aromatic rings. The van der Waals surface area contributed by atoms with E-state index >= 15 is 0 Å². The highest BCUT2D eigenvalue weighted by molar-refractivity contribution is 7.92. The highest BCUT2D eigenvalue weighted by Gasteiger charge is 2.44. The number of sulfonamides is 1. The summed E-state index contributed by atoms with van der Waals surface area (Å²) in [5.41, 5.74) is 2.61. The number of benzene rings is 2. The van der Waals surface area contributed by atoms with Gasteiger partial charge in [0.15, 0.2) is 0 Å². The van der Waals surface area contributed by atoms with Crippen molar-refractivity contribution in [1.82, 2.24) is 9.97 Å². The molecule has 2 heterocycles. The molecule has 0 radical (unpaired) electrons. The second-order valence-electron chi connectivity index (χ2n) is 10.1. The Morgan fingerprint density at radius 1 is 1.05 bits per heavy atom. The van der Waals surface area contributed by atoms with Crippen molar-refractivity contribution in [2.75, 3.05) is 47.0 Å². The number of aliphatic hydroxyl groups excluding tert-OH is 1. The minimum Gasteiger partial charge on any atom is -0.493 e. The first-order chi connectivity index (χ1) is 18.5. The van der Waals surface area contributed by atoms with Crippen LogP contribution in [-0.2, 0) is 10.0 Å². The van der Waals surface area contributed by atoms with Crippen LogP contribution in [-0.4, -0.2) is 61.7 Å². The summed E-state index contributed by atoms with van der Waals surface area (Å²) in [5, 5.41) is 13.1. The SMILES string of the molecule is O=S(=O)(CCO)Nc1cc(N2CCC3(CC2)CC3)c2c(Nc3cccc(OCCC(F)(F)F)c3)ncnc2c1. The van der Waals surface area contributed by atoms with Gasteiger partial charge in [-0.15, -0.1) is 0 Å². The second-order valence-corrected chi connectivity index (χ2v) is 12.0. The fourth-order valence-electron chi connectivity index (χ4n) is 4.91. The number of aliphatic hydroxyl groups is 1. The van der Waals surface area contributed by atoms with Gasteiger partial charge in [-0.1, -0.05) is 6.07 Å². The standard InChI is InChI=1S/C26H30F3N5O4S/c27-26(28,29)8-12-38-20-3-1-2-18(14-20)32-24-23-21(30-17-31-24)15-19(33-39(36,37)13-11-35)16-22(23)34-9-6-25(4-5-25)7-10-34/h1-3,14-17,33,35H,4-13H2,(H,30,31,32). The van der Waals surface area contributed by atoms with E-state index in [9.17, 15) is 21.6 Å². The Hall–Kier alpha value is -3.32. The van der Waals surface area contributed by atoms with Gasteiger partial charge in [0.2, 0.25) is 10.0 Å². The van der Waals surface area contributed by atoms with Crippen molar-refractivity contribution in [1.29, 1.82) is 0 Å². The largest absolute Gasteiger partial charge is 0.493 e. The molecule has 39 heavy (non-hydrogen) atoms. The third-order valence-corrected chi connectivity index (χ3v) is 8.49. The molecule has 1 aliphatic heterocycles. The molecule has 0 atom stereocenters. The molecule has 1 saturated heterocycles. The highest BCUT2D eigenvalue weighted by Crippen LogP contribution is 2.54. The number of hydrogen-bond acceptors (Lipinski definition) is 8. The van der Waals surface area contributed by atoms with Crippen LogP contribution >= 0.6 is 0 Å². The van der Waals surface area contributed by atoms with Crippen LogP contribution < -0.4 is 19.7 Å².